The Bertz CT molecular complexity index is 663. The number of hydrogen-bond acceptors (Lipinski definition) is 4. The minimum atomic E-state index is -0.0245. The van der Waals surface area contributed by atoms with Gasteiger partial charge in [-0.1, -0.05) is 12.1 Å². The number of benzene rings is 1. The molecular weight excluding hydrogens is 264 g/mol. The van der Waals surface area contributed by atoms with Crippen LogP contribution in [0.2, 0.25) is 0 Å². The fourth-order valence-electron chi connectivity index (χ4n) is 2.98. The fraction of sp³-hybridized carbons (Fsp3) is 0.500. The first kappa shape index (κ1) is 14.2. The molecule has 1 aliphatic rings. The molecule has 3 rings (SSSR count). The molecule has 0 spiro atoms. The number of nitrogens with zero attached hydrogens (tertiary/aromatic N) is 4. The molecule has 1 atom stereocenters. The standard InChI is InChI=1S/C16H22N4O/c1-18-8-9-19(2)14(11-18)15(21)10-16-17-12-6-4-5-7-13(12)20(16)3/h4-7,14H,8-11H2,1-3H3. The first-order chi connectivity index (χ1) is 10.1. The molecule has 5 nitrogen and oxygen atoms in total. The van der Waals surface area contributed by atoms with Gasteiger partial charge in [0.25, 0.3) is 0 Å². The highest BCUT2D eigenvalue weighted by Gasteiger charge is 2.29. The first-order valence-corrected chi connectivity index (χ1v) is 7.38. The number of likely N-dealkylation sites (N-methyl/N-ethyl adjacent to an activating group) is 2. The van der Waals surface area contributed by atoms with Gasteiger partial charge in [0, 0.05) is 26.7 Å². The summed E-state index contributed by atoms with van der Waals surface area (Å²) in [6.07, 6.45) is 0.397. The molecule has 0 saturated carbocycles. The van der Waals surface area contributed by atoms with Crippen LogP contribution in [-0.4, -0.2) is 64.9 Å². The number of ketones is 1. The number of para-hydroxylation sites is 2. The lowest BCUT2D eigenvalue weighted by Crippen LogP contribution is -2.54. The summed E-state index contributed by atoms with van der Waals surface area (Å²) < 4.78 is 2.03. The monoisotopic (exact) mass is 286 g/mol. The van der Waals surface area contributed by atoms with Gasteiger partial charge >= 0.3 is 0 Å². The van der Waals surface area contributed by atoms with E-state index in [4.69, 9.17) is 0 Å². The van der Waals surface area contributed by atoms with E-state index in [0.29, 0.717) is 6.42 Å². The van der Waals surface area contributed by atoms with Crippen LogP contribution in [0.5, 0.6) is 0 Å². The Hall–Kier alpha value is -1.72. The molecule has 1 aromatic heterocycles. The Balaban J connectivity index is 1.81. The van der Waals surface area contributed by atoms with Crippen molar-refractivity contribution < 1.29 is 4.79 Å². The molecule has 1 unspecified atom stereocenters. The molecule has 2 aromatic rings. The lowest BCUT2D eigenvalue weighted by molar-refractivity contribution is -0.125. The smallest absolute Gasteiger partial charge is 0.158 e. The molecule has 0 N–H and O–H groups in total. The minimum absolute atomic E-state index is 0.0245. The zero-order valence-corrected chi connectivity index (χ0v) is 12.9. The number of aromatic nitrogens is 2. The predicted molar refractivity (Wildman–Crippen MR) is 83.3 cm³/mol. The van der Waals surface area contributed by atoms with E-state index in [0.717, 1.165) is 36.5 Å². The van der Waals surface area contributed by atoms with Crippen LogP contribution in [-0.2, 0) is 18.3 Å². The summed E-state index contributed by atoms with van der Waals surface area (Å²) in [5.74, 6) is 1.10. The van der Waals surface area contributed by atoms with Crippen LogP contribution in [0.4, 0.5) is 0 Å². The van der Waals surface area contributed by atoms with Crippen molar-refractivity contribution in [3.63, 3.8) is 0 Å². The number of hydrogen-bond donors (Lipinski definition) is 0. The van der Waals surface area contributed by atoms with Crippen molar-refractivity contribution in [2.45, 2.75) is 12.5 Å². The summed E-state index contributed by atoms with van der Waals surface area (Å²) in [4.78, 5) is 21.6. The van der Waals surface area contributed by atoms with E-state index >= 15 is 0 Å². The summed E-state index contributed by atoms with van der Waals surface area (Å²) in [5.41, 5.74) is 2.03. The summed E-state index contributed by atoms with van der Waals surface area (Å²) >= 11 is 0. The van der Waals surface area contributed by atoms with Gasteiger partial charge < -0.3 is 9.47 Å². The van der Waals surface area contributed by atoms with E-state index in [1.807, 2.05) is 42.9 Å². The molecule has 0 radical (unpaired) electrons. The van der Waals surface area contributed by atoms with Crippen molar-refractivity contribution in [2.24, 2.45) is 7.05 Å². The number of piperazine rings is 1. The summed E-state index contributed by atoms with van der Waals surface area (Å²) in [6.45, 7) is 2.77. The largest absolute Gasteiger partial charge is 0.331 e. The molecule has 112 valence electrons. The van der Waals surface area contributed by atoms with Gasteiger partial charge in [-0.2, -0.15) is 0 Å². The average molecular weight is 286 g/mol. The van der Waals surface area contributed by atoms with Gasteiger partial charge in [0.2, 0.25) is 0 Å². The number of fused-ring (bicyclic) bond motifs is 1. The Morgan fingerprint density at radius 2 is 2.00 bits per heavy atom. The van der Waals surface area contributed by atoms with Crippen LogP contribution in [0.1, 0.15) is 5.82 Å². The normalized spacial score (nSPS) is 21.0. The third-order valence-electron chi connectivity index (χ3n) is 4.43. The maximum absolute atomic E-state index is 12.6. The Kier molecular flexibility index (Phi) is 3.78. The zero-order valence-electron chi connectivity index (χ0n) is 12.9. The van der Waals surface area contributed by atoms with E-state index in [-0.39, 0.29) is 11.8 Å². The molecule has 5 heteroatoms. The Morgan fingerprint density at radius 1 is 1.24 bits per heavy atom. The molecule has 0 amide bonds. The highest BCUT2D eigenvalue weighted by atomic mass is 16.1. The Morgan fingerprint density at radius 3 is 2.76 bits per heavy atom. The van der Waals surface area contributed by atoms with E-state index in [1.165, 1.54) is 0 Å². The second-order valence-electron chi connectivity index (χ2n) is 5.98. The van der Waals surface area contributed by atoms with Crippen molar-refractivity contribution in [3.8, 4) is 0 Å². The van der Waals surface area contributed by atoms with Crippen LogP contribution >= 0.6 is 0 Å². The molecule has 2 heterocycles. The summed E-state index contributed by atoms with van der Waals surface area (Å²) in [5, 5.41) is 0. The maximum atomic E-state index is 12.6. The van der Waals surface area contributed by atoms with E-state index in [1.54, 1.807) is 0 Å². The van der Waals surface area contributed by atoms with Crippen LogP contribution in [0.15, 0.2) is 24.3 Å². The summed E-state index contributed by atoms with van der Waals surface area (Å²) in [7, 11) is 6.08. The molecule has 1 aliphatic heterocycles. The maximum Gasteiger partial charge on any atom is 0.158 e. The van der Waals surface area contributed by atoms with Gasteiger partial charge in [-0.25, -0.2) is 4.98 Å². The third kappa shape index (κ3) is 2.71. The van der Waals surface area contributed by atoms with E-state index < -0.39 is 0 Å². The van der Waals surface area contributed by atoms with Crippen LogP contribution in [0.25, 0.3) is 11.0 Å². The molecule has 0 aliphatic carbocycles. The highest BCUT2D eigenvalue weighted by Crippen LogP contribution is 2.16. The highest BCUT2D eigenvalue weighted by molar-refractivity contribution is 5.87. The van der Waals surface area contributed by atoms with Crippen molar-refractivity contribution in [1.82, 2.24) is 19.4 Å². The van der Waals surface area contributed by atoms with Crippen molar-refractivity contribution in [2.75, 3.05) is 33.7 Å². The van der Waals surface area contributed by atoms with Crippen molar-refractivity contribution >= 4 is 16.8 Å². The second-order valence-corrected chi connectivity index (χ2v) is 5.98. The lowest BCUT2D eigenvalue weighted by Gasteiger charge is -2.36. The number of carbonyl (C=O) groups is 1. The topological polar surface area (TPSA) is 41.4 Å². The number of carbonyl (C=O) groups excluding carboxylic acids is 1. The number of Topliss-reactive ketones (excluding diaryl/α,β-unsaturated/α-hetero) is 1. The molecular formula is C16H22N4O. The minimum Gasteiger partial charge on any atom is -0.331 e. The van der Waals surface area contributed by atoms with Gasteiger partial charge in [0.1, 0.15) is 5.82 Å². The van der Waals surface area contributed by atoms with Crippen LogP contribution < -0.4 is 0 Å². The van der Waals surface area contributed by atoms with Crippen molar-refractivity contribution in [1.29, 1.82) is 0 Å². The summed E-state index contributed by atoms with van der Waals surface area (Å²) in [6, 6.07) is 7.98. The fourth-order valence-corrected chi connectivity index (χ4v) is 2.98. The first-order valence-electron chi connectivity index (χ1n) is 7.38. The molecule has 21 heavy (non-hydrogen) atoms. The van der Waals surface area contributed by atoms with Gasteiger partial charge in [0.05, 0.1) is 23.5 Å². The van der Waals surface area contributed by atoms with E-state index in [2.05, 4.69) is 21.8 Å². The van der Waals surface area contributed by atoms with Gasteiger partial charge in [-0.3, -0.25) is 9.69 Å². The lowest BCUT2D eigenvalue weighted by atomic mass is 10.1. The number of aryl methyl sites for hydroxylation is 1. The van der Waals surface area contributed by atoms with Crippen LogP contribution in [0, 0.1) is 0 Å². The molecule has 1 aromatic carbocycles. The third-order valence-corrected chi connectivity index (χ3v) is 4.43. The Labute approximate surface area is 125 Å². The van der Waals surface area contributed by atoms with E-state index in [9.17, 15) is 4.79 Å². The zero-order chi connectivity index (χ0) is 15.0. The molecule has 1 saturated heterocycles. The second kappa shape index (κ2) is 5.58. The van der Waals surface area contributed by atoms with Gasteiger partial charge in [-0.05, 0) is 26.2 Å². The predicted octanol–water partition coefficient (Wildman–Crippen LogP) is 0.931. The van der Waals surface area contributed by atoms with Gasteiger partial charge in [-0.15, -0.1) is 0 Å². The number of rotatable bonds is 3. The quantitative estimate of drug-likeness (QED) is 0.842. The SMILES string of the molecule is CN1CCN(C)C(C(=O)Cc2nc3ccccc3n2C)C1. The van der Waals surface area contributed by atoms with Crippen molar-refractivity contribution in [3.05, 3.63) is 30.1 Å². The molecule has 0 bridgehead atoms. The average Bonchev–Trinajstić information content (AvgIpc) is 2.78. The van der Waals surface area contributed by atoms with Gasteiger partial charge in [0.15, 0.2) is 5.78 Å². The van der Waals surface area contributed by atoms with Crippen LogP contribution in [0.3, 0.4) is 0 Å². The number of imidazole rings is 1. The molecule has 1 fully saturated rings.